The molecule has 2 atom stereocenters. The molecular formula is C16H30N2O3. The predicted octanol–water partition coefficient (Wildman–Crippen LogP) is 3.10. The number of hydrogen-bond acceptors (Lipinski definition) is 2. The van der Waals surface area contributed by atoms with E-state index in [0.29, 0.717) is 25.9 Å². The molecule has 122 valence electrons. The number of urea groups is 1. The maximum atomic E-state index is 12.4. The lowest BCUT2D eigenvalue weighted by atomic mass is 9.76. The number of carbonyl (C=O) groups is 2. The van der Waals surface area contributed by atoms with Crippen LogP contribution in [0.3, 0.4) is 0 Å². The van der Waals surface area contributed by atoms with Crippen molar-refractivity contribution in [3.05, 3.63) is 0 Å². The van der Waals surface area contributed by atoms with Gasteiger partial charge in [0, 0.05) is 19.1 Å². The molecule has 0 radical (unpaired) electrons. The molecular weight excluding hydrogens is 268 g/mol. The SMILES string of the molecule is CCCC1(C(=O)O)CCCN(C(=O)NC(C)C(C)(C)C)C1. The largest absolute Gasteiger partial charge is 0.481 e. The van der Waals surface area contributed by atoms with E-state index in [9.17, 15) is 14.7 Å². The van der Waals surface area contributed by atoms with Gasteiger partial charge in [-0.15, -0.1) is 0 Å². The summed E-state index contributed by atoms with van der Waals surface area (Å²) in [5.41, 5.74) is -0.784. The Balaban J connectivity index is 2.75. The van der Waals surface area contributed by atoms with Gasteiger partial charge in [0.05, 0.1) is 5.41 Å². The van der Waals surface area contributed by atoms with Gasteiger partial charge in [-0.1, -0.05) is 34.1 Å². The van der Waals surface area contributed by atoms with E-state index in [2.05, 4.69) is 26.1 Å². The van der Waals surface area contributed by atoms with E-state index in [0.717, 1.165) is 12.8 Å². The molecule has 0 aliphatic carbocycles. The average molecular weight is 298 g/mol. The second-order valence-corrected chi connectivity index (χ2v) is 7.40. The molecule has 0 saturated carbocycles. The number of amides is 2. The number of aliphatic carboxylic acids is 1. The number of carboxylic acid groups (broad SMARTS) is 1. The van der Waals surface area contributed by atoms with Gasteiger partial charge < -0.3 is 15.3 Å². The van der Waals surface area contributed by atoms with Crippen molar-refractivity contribution in [1.82, 2.24) is 10.2 Å². The predicted molar refractivity (Wildman–Crippen MR) is 83.2 cm³/mol. The van der Waals surface area contributed by atoms with Gasteiger partial charge in [0.15, 0.2) is 0 Å². The smallest absolute Gasteiger partial charge is 0.317 e. The zero-order valence-corrected chi connectivity index (χ0v) is 14.0. The van der Waals surface area contributed by atoms with Crippen molar-refractivity contribution in [1.29, 1.82) is 0 Å². The summed E-state index contributed by atoms with van der Waals surface area (Å²) in [6.45, 7) is 11.2. The molecule has 1 aliphatic heterocycles. The number of carboxylic acids is 1. The lowest BCUT2D eigenvalue weighted by molar-refractivity contribution is -0.152. The van der Waals surface area contributed by atoms with Crippen LogP contribution in [0.5, 0.6) is 0 Å². The van der Waals surface area contributed by atoms with Crippen LogP contribution < -0.4 is 5.32 Å². The third-order valence-electron chi connectivity index (χ3n) is 4.69. The summed E-state index contributed by atoms with van der Waals surface area (Å²) < 4.78 is 0. The highest BCUT2D eigenvalue weighted by Crippen LogP contribution is 2.35. The Bertz CT molecular complexity index is 385. The van der Waals surface area contributed by atoms with E-state index in [4.69, 9.17) is 0 Å². The lowest BCUT2D eigenvalue weighted by Crippen LogP contribution is -2.55. The monoisotopic (exact) mass is 298 g/mol. The van der Waals surface area contributed by atoms with Gasteiger partial charge in [-0.05, 0) is 31.6 Å². The normalized spacial score (nSPS) is 24.5. The number of rotatable bonds is 4. The molecule has 5 nitrogen and oxygen atoms in total. The molecule has 1 rings (SSSR count). The van der Waals surface area contributed by atoms with Crippen LogP contribution in [0.15, 0.2) is 0 Å². The number of nitrogens with zero attached hydrogens (tertiary/aromatic N) is 1. The summed E-state index contributed by atoms with van der Waals surface area (Å²) in [6, 6.07) is -0.101. The number of likely N-dealkylation sites (tertiary alicyclic amines) is 1. The van der Waals surface area contributed by atoms with Crippen LogP contribution >= 0.6 is 0 Å². The first-order valence-corrected chi connectivity index (χ1v) is 7.91. The van der Waals surface area contributed by atoms with Crippen LogP contribution in [0.2, 0.25) is 0 Å². The maximum absolute atomic E-state index is 12.4. The fraction of sp³-hybridized carbons (Fsp3) is 0.875. The maximum Gasteiger partial charge on any atom is 0.317 e. The van der Waals surface area contributed by atoms with Gasteiger partial charge in [0.25, 0.3) is 0 Å². The summed E-state index contributed by atoms with van der Waals surface area (Å²) in [4.78, 5) is 25.7. The quantitative estimate of drug-likeness (QED) is 0.838. The number of hydrogen-bond donors (Lipinski definition) is 2. The summed E-state index contributed by atoms with van der Waals surface area (Å²) in [6.07, 6.45) is 2.86. The summed E-state index contributed by atoms with van der Waals surface area (Å²) in [5.74, 6) is -0.772. The molecule has 2 N–H and O–H groups in total. The average Bonchev–Trinajstić information content (AvgIpc) is 2.38. The summed E-state index contributed by atoms with van der Waals surface area (Å²) in [7, 11) is 0. The minimum atomic E-state index is -0.772. The van der Waals surface area contributed by atoms with E-state index in [1.54, 1.807) is 4.90 Å². The Morgan fingerprint density at radius 1 is 1.38 bits per heavy atom. The van der Waals surface area contributed by atoms with Crippen LogP contribution in [0.25, 0.3) is 0 Å². The molecule has 2 unspecified atom stereocenters. The Kier molecular flexibility index (Phi) is 5.65. The fourth-order valence-electron chi connectivity index (χ4n) is 2.76. The van der Waals surface area contributed by atoms with Crippen LogP contribution in [-0.4, -0.2) is 41.1 Å². The molecule has 5 heteroatoms. The number of nitrogens with one attached hydrogen (secondary N) is 1. The Morgan fingerprint density at radius 2 is 2.00 bits per heavy atom. The Hall–Kier alpha value is -1.26. The molecule has 0 spiro atoms. The Labute approximate surface area is 128 Å². The molecule has 1 saturated heterocycles. The van der Waals surface area contributed by atoms with Crippen molar-refractivity contribution >= 4 is 12.0 Å². The first kappa shape index (κ1) is 17.8. The summed E-state index contributed by atoms with van der Waals surface area (Å²) >= 11 is 0. The van der Waals surface area contributed by atoms with Gasteiger partial charge in [-0.25, -0.2) is 4.79 Å². The molecule has 0 aromatic carbocycles. The molecule has 1 aliphatic rings. The van der Waals surface area contributed by atoms with Gasteiger partial charge in [-0.2, -0.15) is 0 Å². The molecule has 21 heavy (non-hydrogen) atoms. The van der Waals surface area contributed by atoms with Crippen molar-refractivity contribution < 1.29 is 14.7 Å². The topological polar surface area (TPSA) is 69.6 Å². The second kappa shape index (κ2) is 6.67. The molecule has 1 fully saturated rings. The first-order valence-electron chi connectivity index (χ1n) is 7.91. The molecule has 0 bridgehead atoms. The van der Waals surface area contributed by atoms with E-state index in [1.165, 1.54) is 0 Å². The van der Waals surface area contributed by atoms with Crippen LogP contribution in [0, 0.1) is 10.8 Å². The van der Waals surface area contributed by atoms with E-state index < -0.39 is 11.4 Å². The third kappa shape index (κ3) is 4.35. The Morgan fingerprint density at radius 3 is 2.48 bits per heavy atom. The first-order chi connectivity index (χ1) is 9.62. The highest BCUT2D eigenvalue weighted by Gasteiger charge is 2.43. The van der Waals surface area contributed by atoms with Gasteiger partial charge in [0.2, 0.25) is 0 Å². The van der Waals surface area contributed by atoms with Crippen molar-refractivity contribution in [3.8, 4) is 0 Å². The molecule has 1 heterocycles. The van der Waals surface area contributed by atoms with Gasteiger partial charge >= 0.3 is 12.0 Å². The standard InChI is InChI=1S/C16H30N2O3/c1-6-8-16(13(19)20)9-7-10-18(11-16)14(21)17-12(2)15(3,4)5/h12H,6-11H2,1-5H3,(H,17,21)(H,19,20). The van der Waals surface area contributed by atoms with Gasteiger partial charge in [0.1, 0.15) is 0 Å². The number of piperidine rings is 1. The highest BCUT2D eigenvalue weighted by molar-refractivity contribution is 5.79. The van der Waals surface area contributed by atoms with Gasteiger partial charge in [-0.3, -0.25) is 4.79 Å². The molecule has 0 aromatic heterocycles. The highest BCUT2D eigenvalue weighted by atomic mass is 16.4. The minimum Gasteiger partial charge on any atom is -0.481 e. The summed E-state index contributed by atoms with van der Waals surface area (Å²) in [5, 5.41) is 12.6. The zero-order valence-electron chi connectivity index (χ0n) is 14.0. The van der Waals surface area contributed by atoms with Crippen molar-refractivity contribution in [2.75, 3.05) is 13.1 Å². The van der Waals surface area contributed by atoms with Crippen molar-refractivity contribution in [2.24, 2.45) is 10.8 Å². The zero-order chi connectivity index (χ0) is 16.3. The van der Waals surface area contributed by atoms with E-state index in [1.807, 2.05) is 13.8 Å². The third-order valence-corrected chi connectivity index (χ3v) is 4.69. The minimum absolute atomic E-state index is 0.0151. The van der Waals surface area contributed by atoms with E-state index >= 15 is 0 Å². The van der Waals surface area contributed by atoms with Crippen LogP contribution in [0.1, 0.15) is 60.3 Å². The van der Waals surface area contributed by atoms with Crippen molar-refractivity contribution in [3.63, 3.8) is 0 Å². The second-order valence-electron chi connectivity index (χ2n) is 7.40. The van der Waals surface area contributed by atoms with Crippen LogP contribution in [0.4, 0.5) is 4.79 Å². The molecule has 2 amide bonds. The fourth-order valence-corrected chi connectivity index (χ4v) is 2.76. The van der Waals surface area contributed by atoms with Crippen LogP contribution in [-0.2, 0) is 4.79 Å². The van der Waals surface area contributed by atoms with E-state index in [-0.39, 0.29) is 17.5 Å². The molecule has 0 aromatic rings. The van der Waals surface area contributed by atoms with Crippen molar-refractivity contribution in [2.45, 2.75) is 66.3 Å². The number of carbonyl (C=O) groups excluding carboxylic acids is 1. The lowest BCUT2D eigenvalue weighted by Gasteiger charge is -2.41.